The van der Waals surface area contributed by atoms with E-state index in [4.69, 9.17) is 0 Å². The van der Waals surface area contributed by atoms with Crippen molar-refractivity contribution in [3.8, 4) is 0 Å². The Morgan fingerprint density at radius 2 is 1.70 bits per heavy atom. The first-order valence-corrected chi connectivity index (χ1v) is 7.86. The van der Waals surface area contributed by atoms with Crippen molar-refractivity contribution in [2.45, 2.75) is 32.0 Å². The predicted octanol–water partition coefficient (Wildman–Crippen LogP) is 2.13. The largest absolute Gasteiger partial charge is 0.391 e. The van der Waals surface area contributed by atoms with Crippen LogP contribution >= 0.6 is 0 Å². The maximum atomic E-state index is 11.5. The van der Waals surface area contributed by atoms with Crippen molar-refractivity contribution >= 4 is 5.91 Å². The number of carbonyl (C=O) groups excluding carboxylic acids is 1. The van der Waals surface area contributed by atoms with Gasteiger partial charge in [0.15, 0.2) is 0 Å². The molecule has 0 saturated heterocycles. The second kappa shape index (κ2) is 8.46. The molecule has 4 heteroatoms. The van der Waals surface area contributed by atoms with Crippen LogP contribution in [0.25, 0.3) is 0 Å². The van der Waals surface area contributed by atoms with E-state index in [0.717, 1.165) is 11.1 Å². The summed E-state index contributed by atoms with van der Waals surface area (Å²) >= 11 is 0. The number of nitrogens with one attached hydrogen (secondary N) is 2. The Morgan fingerprint density at radius 1 is 1.04 bits per heavy atom. The van der Waals surface area contributed by atoms with Crippen LogP contribution in [0.4, 0.5) is 0 Å². The second-order valence-electron chi connectivity index (χ2n) is 5.70. The maximum absolute atomic E-state index is 11.5. The summed E-state index contributed by atoms with van der Waals surface area (Å²) in [6, 6.07) is 17.4. The van der Waals surface area contributed by atoms with Crippen LogP contribution in [0.1, 0.15) is 28.4 Å². The number of amides is 1. The third-order valence-corrected chi connectivity index (χ3v) is 3.94. The summed E-state index contributed by atoms with van der Waals surface area (Å²) in [6.07, 6.45) is 0.187. The van der Waals surface area contributed by atoms with Gasteiger partial charge < -0.3 is 15.7 Å². The van der Waals surface area contributed by atoms with Gasteiger partial charge in [-0.05, 0) is 36.6 Å². The van der Waals surface area contributed by atoms with Crippen LogP contribution in [0.3, 0.4) is 0 Å². The summed E-state index contributed by atoms with van der Waals surface area (Å²) in [4.78, 5) is 11.5. The van der Waals surface area contributed by atoms with E-state index in [9.17, 15) is 9.90 Å². The van der Waals surface area contributed by atoms with Crippen LogP contribution in [0.15, 0.2) is 54.6 Å². The summed E-state index contributed by atoms with van der Waals surface area (Å²) in [5.41, 5.74) is 2.86. The third-order valence-electron chi connectivity index (χ3n) is 3.94. The summed E-state index contributed by atoms with van der Waals surface area (Å²) in [5.74, 6) is -0.0869. The first-order valence-electron chi connectivity index (χ1n) is 7.86. The highest BCUT2D eigenvalue weighted by Gasteiger charge is 2.14. The lowest BCUT2D eigenvalue weighted by Crippen LogP contribution is -2.38. The van der Waals surface area contributed by atoms with Gasteiger partial charge in [0.25, 0.3) is 5.91 Å². The van der Waals surface area contributed by atoms with Crippen LogP contribution in [0.2, 0.25) is 0 Å². The van der Waals surface area contributed by atoms with E-state index in [1.54, 1.807) is 19.2 Å². The zero-order chi connectivity index (χ0) is 16.7. The lowest BCUT2D eigenvalue weighted by Gasteiger charge is -2.20. The minimum absolute atomic E-state index is 0.0196. The Kier molecular flexibility index (Phi) is 6.32. The number of carbonyl (C=O) groups is 1. The molecule has 4 nitrogen and oxygen atoms in total. The minimum atomic E-state index is -0.442. The van der Waals surface area contributed by atoms with Gasteiger partial charge in [0.05, 0.1) is 6.10 Å². The fourth-order valence-corrected chi connectivity index (χ4v) is 2.37. The van der Waals surface area contributed by atoms with E-state index in [-0.39, 0.29) is 11.9 Å². The smallest absolute Gasteiger partial charge is 0.251 e. The molecule has 0 aliphatic heterocycles. The number of hydrogen-bond acceptors (Lipinski definition) is 3. The number of rotatable bonds is 7. The monoisotopic (exact) mass is 312 g/mol. The van der Waals surface area contributed by atoms with Gasteiger partial charge in [0.2, 0.25) is 0 Å². The Hall–Kier alpha value is -2.17. The molecule has 23 heavy (non-hydrogen) atoms. The molecule has 3 N–H and O–H groups in total. The molecule has 0 aliphatic rings. The zero-order valence-electron chi connectivity index (χ0n) is 13.6. The molecule has 0 radical (unpaired) electrons. The average Bonchev–Trinajstić information content (AvgIpc) is 2.60. The highest BCUT2D eigenvalue weighted by molar-refractivity contribution is 5.93. The number of aliphatic hydroxyl groups is 1. The van der Waals surface area contributed by atoms with E-state index in [1.165, 1.54) is 0 Å². The van der Waals surface area contributed by atoms with Crippen LogP contribution in [-0.4, -0.2) is 30.2 Å². The quantitative estimate of drug-likeness (QED) is 0.734. The first-order chi connectivity index (χ1) is 11.1. The molecule has 0 aromatic heterocycles. The van der Waals surface area contributed by atoms with E-state index < -0.39 is 6.10 Å². The molecular weight excluding hydrogens is 288 g/mol. The fraction of sp³-hybridized carbons (Fsp3) is 0.316. The molecule has 2 aromatic carbocycles. The van der Waals surface area contributed by atoms with Gasteiger partial charge in [-0.2, -0.15) is 0 Å². The topological polar surface area (TPSA) is 61.4 Å². The molecule has 0 aliphatic carbocycles. The highest BCUT2D eigenvalue weighted by atomic mass is 16.3. The molecule has 0 spiro atoms. The van der Waals surface area contributed by atoms with Gasteiger partial charge in [0.1, 0.15) is 0 Å². The summed E-state index contributed by atoms with van der Waals surface area (Å²) in [5, 5.41) is 16.2. The van der Waals surface area contributed by atoms with Crippen molar-refractivity contribution in [1.29, 1.82) is 0 Å². The molecular formula is C19H24N2O2. The second-order valence-corrected chi connectivity index (χ2v) is 5.70. The summed E-state index contributed by atoms with van der Waals surface area (Å²) in [7, 11) is 1.62. The molecule has 0 fully saturated rings. The first kappa shape index (κ1) is 17.2. The lowest BCUT2D eigenvalue weighted by molar-refractivity contribution is 0.0963. The third kappa shape index (κ3) is 5.20. The van der Waals surface area contributed by atoms with Crippen LogP contribution in [0.5, 0.6) is 0 Å². The summed E-state index contributed by atoms with van der Waals surface area (Å²) in [6.45, 7) is 2.63. The standard InChI is InChI=1S/C19H24N2O2/c1-14(18(22)12-15-6-4-3-5-7-15)21-13-16-8-10-17(11-9-16)19(23)20-2/h3-11,14,18,21-22H,12-13H2,1-2H3,(H,20,23). The molecule has 2 aromatic rings. The Bertz CT molecular complexity index is 611. The van der Waals surface area contributed by atoms with Gasteiger partial charge >= 0.3 is 0 Å². The Morgan fingerprint density at radius 3 is 2.30 bits per heavy atom. The molecule has 0 bridgehead atoms. The highest BCUT2D eigenvalue weighted by Crippen LogP contribution is 2.08. The van der Waals surface area contributed by atoms with E-state index in [1.807, 2.05) is 49.4 Å². The molecule has 0 saturated carbocycles. The molecule has 1 amide bonds. The zero-order valence-corrected chi connectivity index (χ0v) is 13.6. The molecule has 0 heterocycles. The van der Waals surface area contributed by atoms with Crippen molar-refractivity contribution in [3.63, 3.8) is 0 Å². The van der Waals surface area contributed by atoms with Crippen molar-refractivity contribution in [1.82, 2.24) is 10.6 Å². The minimum Gasteiger partial charge on any atom is -0.391 e. The van der Waals surface area contributed by atoms with Gasteiger partial charge in [-0.15, -0.1) is 0 Å². The number of benzene rings is 2. The van der Waals surface area contributed by atoms with Gasteiger partial charge in [0, 0.05) is 25.2 Å². The van der Waals surface area contributed by atoms with E-state index >= 15 is 0 Å². The van der Waals surface area contributed by atoms with Crippen molar-refractivity contribution in [3.05, 3.63) is 71.3 Å². The summed E-state index contributed by atoms with van der Waals surface area (Å²) < 4.78 is 0. The van der Waals surface area contributed by atoms with Gasteiger partial charge in [-0.25, -0.2) is 0 Å². The fourth-order valence-electron chi connectivity index (χ4n) is 2.37. The molecule has 2 unspecified atom stereocenters. The lowest BCUT2D eigenvalue weighted by atomic mass is 10.0. The SMILES string of the molecule is CNC(=O)c1ccc(CNC(C)C(O)Cc2ccccc2)cc1. The molecule has 2 rings (SSSR count). The average molecular weight is 312 g/mol. The van der Waals surface area contributed by atoms with Crippen LogP contribution in [0, 0.1) is 0 Å². The Labute approximate surface area is 137 Å². The van der Waals surface area contributed by atoms with E-state index in [2.05, 4.69) is 10.6 Å². The van der Waals surface area contributed by atoms with Crippen molar-refractivity contribution < 1.29 is 9.90 Å². The predicted molar refractivity (Wildman–Crippen MR) is 92.3 cm³/mol. The van der Waals surface area contributed by atoms with Crippen molar-refractivity contribution in [2.24, 2.45) is 0 Å². The normalized spacial score (nSPS) is 13.3. The maximum Gasteiger partial charge on any atom is 0.251 e. The van der Waals surface area contributed by atoms with E-state index in [0.29, 0.717) is 18.5 Å². The molecule has 122 valence electrons. The number of aliphatic hydroxyl groups excluding tert-OH is 1. The van der Waals surface area contributed by atoms with Crippen LogP contribution < -0.4 is 10.6 Å². The van der Waals surface area contributed by atoms with Crippen molar-refractivity contribution in [2.75, 3.05) is 7.05 Å². The number of hydrogen-bond donors (Lipinski definition) is 3. The van der Waals surface area contributed by atoms with Gasteiger partial charge in [-0.3, -0.25) is 4.79 Å². The Balaban J connectivity index is 1.83. The molecule has 2 atom stereocenters. The van der Waals surface area contributed by atoms with Gasteiger partial charge in [-0.1, -0.05) is 42.5 Å². The van der Waals surface area contributed by atoms with Crippen LogP contribution in [-0.2, 0) is 13.0 Å².